The number of nitrogens with zero attached hydrogens (tertiary/aromatic N) is 2. The molecule has 1 atom stereocenters. The lowest BCUT2D eigenvalue weighted by atomic mass is 10.0. The maximum Gasteiger partial charge on any atom is 0.272 e. The van der Waals surface area contributed by atoms with Crippen LogP contribution in [0.2, 0.25) is 0 Å². The van der Waals surface area contributed by atoms with Crippen LogP contribution in [0.3, 0.4) is 0 Å². The van der Waals surface area contributed by atoms with Crippen molar-refractivity contribution in [1.29, 1.82) is 0 Å². The maximum absolute atomic E-state index is 12.4. The first-order chi connectivity index (χ1) is 12.8. The number of hydrogen-bond acceptors (Lipinski definition) is 5. The Kier molecular flexibility index (Phi) is 7.04. The maximum atomic E-state index is 12.4. The van der Waals surface area contributed by atoms with E-state index in [-0.39, 0.29) is 11.9 Å². The number of benzene rings is 1. The monoisotopic (exact) mass is 378 g/mol. The summed E-state index contributed by atoms with van der Waals surface area (Å²) in [7, 11) is 0. The van der Waals surface area contributed by atoms with Gasteiger partial charge >= 0.3 is 0 Å². The quantitative estimate of drug-likeness (QED) is 0.718. The molecule has 0 saturated carbocycles. The lowest BCUT2D eigenvalue weighted by Crippen LogP contribution is -2.16. The van der Waals surface area contributed by atoms with Crippen molar-refractivity contribution in [2.45, 2.75) is 46.6 Å². The number of amides is 1. The predicted molar refractivity (Wildman–Crippen MR) is 100 cm³/mol. The number of rotatable bonds is 8. The molecule has 0 bridgehead atoms. The highest BCUT2D eigenvalue weighted by Gasteiger charge is 2.15. The van der Waals surface area contributed by atoms with Crippen LogP contribution in [0.5, 0.6) is 5.75 Å². The van der Waals surface area contributed by atoms with E-state index in [2.05, 4.69) is 20.6 Å². The molecule has 0 radical (unpaired) electrons. The largest absolute Gasteiger partial charge is 0.487 e. The van der Waals surface area contributed by atoms with Gasteiger partial charge in [0.1, 0.15) is 12.4 Å². The summed E-state index contributed by atoms with van der Waals surface area (Å²) < 4.78 is 30.0. The molecule has 0 aliphatic rings. The highest BCUT2D eigenvalue weighted by Crippen LogP contribution is 2.30. The summed E-state index contributed by atoms with van der Waals surface area (Å²) in [6, 6.07) is 3.61. The van der Waals surface area contributed by atoms with Crippen LogP contribution < -0.4 is 15.4 Å². The Labute approximate surface area is 157 Å². The summed E-state index contributed by atoms with van der Waals surface area (Å²) in [5, 5.41) is 5.94. The van der Waals surface area contributed by atoms with E-state index in [0.29, 0.717) is 23.8 Å². The van der Waals surface area contributed by atoms with Gasteiger partial charge in [-0.2, -0.15) is 0 Å². The van der Waals surface area contributed by atoms with E-state index >= 15 is 0 Å². The van der Waals surface area contributed by atoms with Crippen molar-refractivity contribution in [2.24, 2.45) is 0 Å². The number of anilines is 2. The van der Waals surface area contributed by atoms with Gasteiger partial charge in [-0.05, 0) is 37.5 Å². The number of nitrogens with one attached hydrogen (secondary N) is 2. The summed E-state index contributed by atoms with van der Waals surface area (Å²) in [6.07, 6.45) is 0.862. The molecular weight excluding hydrogens is 354 g/mol. The highest BCUT2D eigenvalue weighted by molar-refractivity contribution is 5.91. The van der Waals surface area contributed by atoms with Crippen molar-refractivity contribution < 1.29 is 18.3 Å². The summed E-state index contributed by atoms with van der Waals surface area (Å²) >= 11 is 0. The fraction of sp³-hybridized carbons (Fsp3) is 0.421. The molecule has 2 N–H and O–H groups in total. The van der Waals surface area contributed by atoms with E-state index in [1.54, 1.807) is 6.92 Å². The molecule has 8 heteroatoms. The minimum absolute atomic E-state index is 0.152. The van der Waals surface area contributed by atoms with Crippen LogP contribution >= 0.6 is 0 Å². The summed E-state index contributed by atoms with van der Waals surface area (Å²) in [5.41, 5.74) is 2.49. The smallest absolute Gasteiger partial charge is 0.272 e. The topological polar surface area (TPSA) is 76.1 Å². The van der Waals surface area contributed by atoms with Crippen molar-refractivity contribution in [3.63, 3.8) is 0 Å². The molecule has 1 aromatic carbocycles. The van der Waals surface area contributed by atoms with Gasteiger partial charge in [0.2, 0.25) is 5.91 Å². The molecule has 146 valence electrons. The van der Waals surface area contributed by atoms with Gasteiger partial charge in [0.25, 0.3) is 6.43 Å². The number of halogens is 2. The second-order valence-corrected chi connectivity index (χ2v) is 6.21. The van der Waals surface area contributed by atoms with Crippen molar-refractivity contribution in [3.05, 3.63) is 41.2 Å². The summed E-state index contributed by atoms with van der Waals surface area (Å²) in [4.78, 5) is 20.1. The average Bonchev–Trinajstić information content (AvgIpc) is 2.62. The molecule has 6 nitrogen and oxygen atoms in total. The van der Waals surface area contributed by atoms with Gasteiger partial charge < -0.3 is 15.4 Å². The molecule has 1 amide bonds. The highest BCUT2D eigenvalue weighted by atomic mass is 19.3. The van der Waals surface area contributed by atoms with Crippen molar-refractivity contribution in [2.75, 3.05) is 17.2 Å². The van der Waals surface area contributed by atoms with E-state index < -0.39 is 13.0 Å². The van der Waals surface area contributed by atoms with Crippen LogP contribution in [0.15, 0.2) is 24.5 Å². The summed E-state index contributed by atoms with van der Waals surface area (Å²) in [5.74, 6) is 1.14. The zero-order valence-electron chi connectivity index (χ0n) is 15.8. The molecule has 0 fully saturated rings. The Hall–Kier alpha value is -2.77. The van der Waals surface area contributed by atoms with Crippen LogP contribution in [-0.4, -0.2) is 28.9 Å². The number of aryl methyl sites for hydroxylation is 2. The number of ether oxygens (including phenoxy) is 1. The van der Waals surface area contributed by atoms with Gasteiger partial charge in [-0.25, -0.2) is 18.7 Å². The normalized spacial score (nSPS) is 12.0. The van der Waals surface area contributed by atoms with E-state index in [1.807, 2.05) is 32.9 Å². The standard InChI is InChI=1S/C19H24F2N4O2/c1-5-16(26)25-19-18(22-6-7-23-19)24-13(4)14-8-11(2)17(12(3)9-14)27-10-15(20)21/h6-9,13,15H,5,10H2,1-4H3,(H,22,24)(H,23,25,26). The number of carbonyl (C=O) groups excluding carboxylic acids is 1. The van der Waals surface area contributed by atoms with Gasteiger partial charge in [0.05, 0.1) is 6.04 Å². The molecule has 2 aromatic rings. The number of alkyl halides is 2. The predicted octanol–water partition coefficient (Wildman–Crippen LogP) is 4.26. The van der Waals surface area contributed by atoms with Crippen LogP contribution in [0.1, 0.15) is 43.0 Å². The Morgan fingerprint density at radius 2 is 1.74 bits per heavy atom. The van der Waals surface area contributed by atoms with Crippen LogP contribution in [0.25, 0.3) is 0 Å². The minimum Gasteiger partial charge on any atom is -0.487 e. The lowest BCUT2D eigenvalue weighted by Gasteiger charge is -2.20. The average molecular weight is 378 g/mol. The minimum atomic E-state index is -2.52. The van der Waals surface area contributed by atoms with Gasteiger partial charge in [-0.15, -0.1) is 0 Å². The van der Waals surface area contributed by atoms with Gasteiger partial charge in [0, 0.05) is 18.8 Å². The first-order valence-electron chi connectivity index (χ1n) is 8.71. The zero-order chi connectivity index (χ0) is 20.0. The van der Waals surface area contributed by atoms with Crippen molar-refractivity contribution in [1.82, 2.24) is 9.97 Å². The van der Waals surface area contributed by atoms with E-state index in [9.17, 15) is 13.6 Å². The Morgan fingerprint density at radius 3 is 2.30 bits per heavy atom. The second-order valence-electron chi connectivity index (χ2n) is 6.21. The molecule has 0 aliphatic heterocycles. The van der Waals surface area contributed by atoms with Crippen molar-refractivity contribution in [3.8, 4) is 5.75 Å². The zero-order valence-corrected chi connectivity index (χ0v) is 15.8. The number of carbonyl (C=O) groups is 1. The van der Waals surface area contributed by atoms with E-state index in [0.717, 1.165) is 16.7 Å². The third-order valence-electron chi connectivity index (χ3n) is 3.97. The number of aromatic nitrogens is 2. The van der Waals surface area contributed by atoms with Gasteiger partial charge in [-0.3, -0.25) is 4.79 Å². The fourth-order valence-corrected chi connectivity index (χ4v) is 2.65. The third kappa shape index (κ3) is 5.60. The van der Waals surface area contributed by atoms with Crippen molar-refractivity contribution >= 4 is 17.5 Å². The molecule has 0 aliphatic carbocycles. The molecule has 1 heterocycles. The molecule has 1 aromatic heterocycles. The van der Waals surface area contributed by atoms with Crippen LogP contribution in [-0.2, 0) is 4.79 Å². The molecule has 0 spiro atoms. The van der Waals surface area contributed by atoms with Gasteiger partial charge in [0.15, 0.2) is 11.6 Å². The Bertz CT molecular complexity index is 776. The van der Waals surface area contributed by atoms with Gasteiger partial charge in [-0.1, -0.05) is 19.1 Å². The summed E-state index contributed by atoms with van der Waals surface area (Å²) in [6.45, 7) is 6.70. The van der Waals surface area contributed by atoms with E-state index in [4.69, 9.17) is 4.74 Å². The van der Waals surface area contributed by atoms with Crippen LogP contribution in [0.4, 0.5) is 20.4 Å². The lowest BCUT2D eigenvalue weighted by molar-refractivity contribution is -0.115. The van der Waals surface area contributed by atoms with E-state index in [1.165, 1.54) is 12.4 Å². The molecular formula is C19H24F2N4O2. The molecule has 0 saturated heterocycles. The molecule has 27 heavy (non-hydrogen) atoms. The SMILES string of the molecule is CCC(=O)Nc1nccnc1NC(C)c1cc(C)c(OCC(F)F)c(C)c1. The Balaban J connectivity index is 2.19. The third-order valence-corrected chi connectivity index (χ3v) is 3.97. The fourth-order valence-electron chi connectivity index (χ4n) is 2.65. The molecule has 1 unspecified atom stereocenters. The second kappa shape index (κ2) is 9.25. The first-order valence-corrected chi connectivity index (χ1v) is 8.71. The molecule has 2 rings (SSSR count). The number of hydrogen-bond donors (Lipinski definition) is 2. The van der Waals surface area contributed by atoms with Crippen LogP contribution in [0, 0.1) is 13.8 Å². The Morgan fingerprint density at radius 1 is 1.15 bits per heavy atom. The first kappa shape index (κ1) is 20.5.